The number of benzene rings is 1. The lowest BCUT2D eigenvalue weighted by Crippen LogP contribution is -2.07. The van der Waals surface area contributed by atoms with E-state index in [0.717, 1.165) is 17.0 Å². The molecule has 1 N–H and O–H groups in total. The quantitative estimate of drug-likeness (QED) is 0.625. The molecule has 1 aromatic heterocycles. The van der Waals surface area contributed by atoms with Gasteiger partial charge in [-0.25, -0.2) is 4.98 Å². The van der Waals surface area contributed by atoms with Crippen molar-refractivity contribution < 1.29 is 13.2 Å². The Bertz CT molecular complexity index is 607. The van der Waals surface area contributed by atoms with Crippen LogP contribution < -0.4 is 5.32 Å². The predicted molar refractivity (Wildman–Crippen MR) is 81.3 cm³/mol. The number of rotatable bonds is 3. The van der Waals surface area contributed by atoms with E-state index in [1.54, 1.807) is 6.20 Å². The minimum Gasteiger partial charge on any atom is -0.378 e. The van der Waals surface area contributed by atoms with E-state index in [2.05, 4.69) is 42.2 Å². The number of halogens is 6. The van der Waals surface area contributed by atoms with E-state index in [0.29, 0.717) is 25.6 Å². The number of nitrogens with zero attached hydrogens (tertiary/aromatic N) is 1. The maximum absolute atomic E-state index is 12.6. The molecular formula is C11H6Br2ClF3N2S. The highest BCUT2D eigenvalue weighted by molar-refractivity contribution is 9.11. The van der Waals surface area contributed by atoms with Crippen molar-refractivity contribution in [2.45, 2.75) is 12.7 Å². The molecule has 0 amide bonds. The largest absolute Gasteiger partial charge is 0.416 e. The van der Waals surface area contributed by atoms with Crippen molar-refractivity contribution in [3.05, 3.63) is 42.2 Å². The minimum atomic E-state index is -4.38. The Balaban J connectivity index is 2.20. The van der Waals surface area contributed by atoms with Crippen LogP contribution in [-0.4, -0.2) is 4.98 Å². The van der Waals surface area contributed by atoms with Crippen molar-refractivity contribution in [2.24, 2.45) is 0 Å². The summed E-state index contributed by atoms with van der Waals surface area (Å²) in [6, 6.07) is 2.07. The van der Waals surface area contributed by atoms with Crippen LogP contribution in [0.4, 0.5) is 18.9 Å². The van der Waals surface area contributed by atoms with Crippen LogP contribution in [-0.2, 0) is 12.7 Å². The first-order valence-corrected chi connectivity index (χ1v) is 7.95. The number of hydrogen-bond donors (Lipinski definition) is 1. The Kier molecular flexibility index (Phi) is 4.99. The third-order valence-corrected chi connectivity index (χ3v) is 4.70. The van der Waals surface area contributed by atoms with Gasteiger partial charge in [-0.1, -0.05) is 11.6 Å². The van der Waals surface area contributed by atoms with Gasteiger partial charge in [-0.3, -0.25) is 0 Å². The van der Waals surface area contributed by atoms with E-state index in [9.17, 15) is 13.2 Å². The van der Waals surface area contributed by atoms with Crippen molar-refractivity contribution in [3.8, 4) is 0 Å². The summed E-state index contributed by atoms with van der Waals surface area (Å²) in [5.41, 5.74) is -0.176. The van der Waals surface area contributed by atoms with Gasteiger partial charge in [0.2, 0.25) is 0 Å². The molecule has 108 valence electrons. The Hall–Kier alpha value is -0.310. The molecule has 0 aliphatic rings. The van der Waals surface area contributed by atoms with Crippen molar-refractivity contribution in [1.29, 1.82) is 0 Å². The van der Waals surface area contributed by atoms with Crippen LogP contribution in [0.2, 0.25) is 4.47 Å². The molecule has 2 nitrogen and oxygen atoms in total. The van der Waals surface area contributed by atoms with E-state index in [1.807, 2.05) is 0 Å². The van der Waals surface area contributed by atoms with Crippen LogP contribution in [0.15, 0.2) is 27.3 Å². The van der Waals surface area contributed by atoms with E-state index in [4.69, 9.17) is 11.6 Å². The number of alkyl halides is 3. The topological polar surface area (TPSA) is 24.9 Å². The van der Waals surface area contributed by atoms with Crippen molar-refractivity contribution in [1.82, 2.24) is 4.98 Å². The summed E-state index contributed by atoms with van der Waals surface area (Å²) in [6.45, 7) is 0.424. The molecule has 0 bridgehead atoms. The van der Waals surface area contributed by atoms with Crippen LogP contribution in [0, 0.1) is 0 Å². The third kappa shape index (κ3) is 3.87. The first-order chi connectivity index (χ1) is 9.27. The summed E-state index contributed by atoms with van der Waals surface area (Å²) in [4.78, 5) is 4.77. The van der Waals surface area contributed by atoms with Gasteiger partial charge in [0.25, 0.3) is 0 Å². The molecular weight excluding hydrogens is 444 g/mol. The van der Waals surface area contributed by atoms with E-state index in [-0.39, 0.29) is 0 Å². The molecule has 0 saturated heterocycles. The number of aromatic nitrogens is 1. The van der Waals surface area contributed by atoms with Crippen LogP contribution in [0.1, 0.15) is 10.4 Å². The van der Waals surface area contributed by atoms with Gasteiger partial charge in [-0.15, -0.1) is 11.3 Å². The molecule has 0 spiro atoms. The smallest absolute Gasteiger partial charge is 0.378 e. The highest BCUT2D eigenvalue weighted by atomic mass is 79.9. The van der Waals surface area contributed by atoms with Gasteiger partial charge in [-0.05, 0) is 44.0 Å². The minimum absolute atomic E-state index is 0.329. The molecule has 2 rings (SSSR count). The van der Waals surface area contributed by atoms with Gasteiger partial charge in [-0.2, -0.15) is 13.2 Å². The highest BCUT2D eigenvalue weighted by Gasteiger charge is 2.31. The maximum Gasteiger partial charge on any atom is 0.416 e. The van der Waals surface area contributed by atoms with Crippen molar-refractivity contribution in [3.63, 3.8) is 0 Å². The average molecular weight is 451 g/mol. The summed E-state index contributed by atoms with van der Waals surface area (Å²) in [6.07, 6.45) is -2.76. The number of nitrogens with one attached hydrogen (secondary N) is 1. The highest BCUT2D eigenvalue weighted by Crippen LogP contribution is 2.39. The van der Waals surface area contributed by atoms with Crippen molar-refractivity contribution >= 4 is 60.5 Å². The first-order valence-electron chi connectivity index (χ1n) is 5.17. The molecule has 0 atom stereocenters. The van der Waals surface area contributed by atoms with E-state index < -0.39 is 11.7 Å². The Morgan fingerprint density at radius 1 is 1.25 bits per heavy atom. The summed E-state index contributed by atoms with van der Waals surface area (Å²) in [5.74, 6) is 0. The average Bonchev–Trinajstić information content (AvgIpc) is 2.72. The monoisotopic (exact) mass is 448 g/mol. The standard InChI is InChI=1S/C11H6Br2ClF3N2S/c12-7-1-5(11(15,16)17)2-8(13)9(7)18-3-6-4-19-10(14)20-6/h1-2,4,18H,3H2. The van der Waals surface area contributed by atoms with Gasteiger partial charge in [0, 0.05) is 20.0 Å². The zero-order valence-electron chi connectivity index (χ0n) is 9.56. The first kappa shape index (κ1) is 16.1. The van der Waals surface area contributed by atoms with Crippen molar-refractivity contribution in [2.75, 3.05) is 5.32 Å². The second-order valence-electron chi connectivity index (χ2n) is 3.75. The van der Waals surface area contributed by atoms with E-state index >= 15 is 0 Å². The van der Waals surface area contributed by atoms with Crippen LogP contribution in [0.5, 0.6) is 0 Å². The Labute approximate surface area is 138 Å². The lowest BCUT2D eigenvalue weighted by molar-refractivity contribution is -0.137. The van der Waals surface area contributed by atoms with Gasteiger partial charge in [0.15, 0.2) is 4.47 Å². The van der Waals surface area contributed by atoms with Crippen LogP contribution in [0.25, 0.3) is 0 Å². The summed E-state index contributed by atoms with van der Waals surface area (Å²) in [7, 11) is 0. The second-order valence-corrected chi connectivity index (χ2v) is 7.15. The van der Waals surface area contributed by atoms with Crippen LogP contribution >= 0.6 is 54.8 Å². The fourth-order valence-electron chi connectivity index (χ4n) is 1.45. The molecule has 1 heterocycles. The Morgan fingerprint density at radius 2 is 1.85 bits per heavy atom. The molecule has 1 aromatic carbocycles. The number of thiazole rings is 1. The Morgan fingerprint density at radius 3 is 2.30 bits per heavy atom. The van der Waals surface area contributed by atoms with Gasteiger partial charge < -0.3 is 5.32 Å². The van der Waals surface area contributed by atoms with Gasteiger partial charge >= 0.3 is 6.18 Å². The molecule has 20 heavy (non-hydrogen) atoms. The molecule has 0 saturated carbocycles. The normalized spacial score (nSPS) is 11.7. The lowest BCUT2D eigenvalue weighted by Gasteiger charge is -2.13. The fourth-order valence-corrected chi connectivity index (χ4v) is 3.83. The van der Waals surface area contributed by atoms with Gasteiger partial charge in [0.1, 0.15) is 0 Å². The summed E-state index contributed by atoms with van der Waals surface area (Å²) in [5, 5.41) is 3.04. The maximum atomic E-state index is 12.6. The second kappa shape index (κ2) is 6.21. The molecule has 0 unspecified atom stereocenters. The molecule has 0 fully saturated rings. The zero-order valence-corrected chi connectivity index (χ0v) is 14.3. The predicted octanol–water partition coefficient (Wildman–Crippen LogP) is 5.95. The van der Waals surface area contributed by atoms with Crippen LogP contribution in [0.3, 0.4) is 0 Å². The third-order valence-electron chi connectivity index (χ3n) is 2.33. The molecule has 0 aliphatic carbocycles. The van der Waals surface area contributed by atoms with E-state index in [1.165, 1.54) is 11.3 Å². The molecule has 2 aromatic rings. The SMILES string of the molecule is FC(F)(F)c1cc(Br)c(NCc2cnc(Cl)s2)c(Br)c1. The summed E-state index contributed by atoms with van der Waals surface area (Å²) < 4.78 is 39.0. The van der Waals surface area contributed by atoms with Gasteiger partial charge in [0.05, 0.1) is 17.8 Å². The lowest BCUT2D eigenvalue weighted by atomic mass is 10.2. The fraction of sp³-hybridized carbons (Fsp3) is 0.182. The molecule has 9 heteroatoms. The number of hydrogen-bond acceptors (Lipinski definition) is 3. The zero-order chi connectivity index (χ0) is 14.9. The molecule has 0 radical (unpaired) electrons. The number of anilines is 1. The molecule has 0 aliphatic heterocycles. The summed E-state index contributed by atoms with van der Waals surface area (Å²) >= 11 is 13.3.